The Morgan fingerprint density at radius 1 is 0.973 bits per heavy atom. The molecular formula is C27H30BrN5O4. The van der Waals surface area contributed by atoms with E-state index in [9.17, 15) is 9.59 Å². The van der Waals surface area contributed by atoms with E-state index in [-0.39, 0.29) is 11.9 Å². The van der Waals surface area contributed by atoms with Crippen molar-refractivity contribution in [3.05, 3.63) is 87.9 Å². The van der Waals surface area contributed by atoms with Gasteiger partial charge in [-0.25, -0.2) is 0 Å². The van der Waals surface area contributed by atoms with Crippen molar-refractivity contribution in [3.63, 3.8) is 0 Å². The van der Waals surface area contributed by atoms with Crippen molar-refractivity contribution in [3.8, 4) is 11.5 Å². The van der Waals surface area contributed by atoms with Crippen molar-refractivity contribution in [2.24, 2.45) is 5.73 Å². The third-order valence-corrected chi connectivity index (χ3v) is 5.61. The first kappa shape index (κ1) is 27.5. The van der Waals surface area contributed by atoms with Crippen molar-refractivity contribution in [1.82, 2.24) is 10.9 Å². The average molecular weight is 568 g/mol. The lowest BCUT2D eigenvalue weighted by Crippen LogP contribution is -2.45. The molecule has 0 spiro atoms. The van der Waals surface area contributed by atoms with Gasteiger partial charge in [0.2, 0.25) is 0 Å². The highest BCUT2D eigenvalue weighted by molar-refractivity contribution is 9.10. The lowest BCUT2D eigenvalue weighted by Gasteiger charge is -2.22. The molecule has 0 fully saturated rings. The Labute approximate surface area is 224 Å². The Bertz CT molecular complexity index is 1260. The average Bonchev–Trinajstić information content (AvgIpc) is 2.87. The standard InChI is InChI=1S/C27H30BrN5O4/c1-4-36-23-15-18(10-13-22(23)37-16(2)3)24(31-21-11-8-17(9-12-21)25(29)30)27(35)33-32-26(34)19-6-5-7-20(28)14-19/h5-16,24,31H,4H2,1-3H3,(H3,29,30)(H,32,34)(H,33,35). The van der Waals surface area contributed by atoms with E-state index in [0.29, 0.717) is 40.5 Å². The molecule has 0 aromatic heterocycles. The number of amidine groups is 1. The van der Waals surface area contributed by atoms with Gasteiger partial charge in [0.25, 0.3) is 11.8 Å². The fourth-order valence-electron chi connectivity index (χ4n) is 3.43. The van der Waals surface area contributed by atoms with Gasteiger partial charge in [-0.05, 0) is 80.9 Å². The number of ether oxygens (including phenoxy) is 2. The van der Waals surface area contributed by atoms with Crippen LogP contribution in [0.4, 0.5) is 5.69 Å². The Morgan fingerprint density at radius 2 is 1.70 bits per heavy atom. The SMILES string of the molecule is CCOc1cc(C(Nc2ccc(C(=N)N)cc2)C(=O)NNC(=O)c2cccc(Br)c2)ccc1OC(C)C. The minimum absolute atomic E-state index is 0.0572. The molecule has 1 unspecified atom stereocenters. The van der Waals surface area contributed by atoms with E-state index < -0.39 is 17.9 Å². The number of hydrogen-bond donors (Lipinski definition) is 5. The summed E-state index contributed by atoms with van der Waals surface area (Å²) in [6.45, 7) is 6.11. The van der Waals surface area contributed by atoms with E-state index in [2.05, 4.69) is 32.1 Å². The summed E-state index contributed by atoms with van der Waals surface area (Å²) < 4.78 is 12.4. The summed E-state index contributed by atoms with van der Waals surface area (Å²) in [5.41, 5.74) is 12.7. The zero-order valence-corrected chi connectivity index (χ0v) is 22.4. The van der Waals surface area contributed by atoms with Crippen LogP contribution in [0.25, 0.3) is 0 Å². The highest BCUT2D eigenvalue weighted by atomic mass is 79.9. The normalized spacial score (nSPS) is 11.4. The summed E-state index contributed by atoms with van der Waals surface area (Å²) >= 11 is 3.33. The summed E-state index contributed by atoms with van der Waals surface area (Å²) in [4.78, 5) is 25.9. The molecule has 1 atom stereocenters. The molecule has 3 aromatic carbocycles. The molecule has 194 valence electrons. The fourth-order valence-corrected chi connectivity index (χ4v) is 3.83. The van der Waals surface area contributed by atoms with Gasteiger partial charge in [0.1, 0.15) is 11.9 Å². The molecule has 2 amide bonds. The molecule has 0 heterocycles. The van der Waals surface area contributed by atoms with Crippen LogP contribution in [-0.4, -0.2) is 30.4 Å². The van der Waals surface area contributed by atoms with Crippen LogP contribution in [0, 0.1) is 5.41 Å². The summed E-state index contributed by atoms with van der Waals surface area (Å²) in [5.74, 6) is 0.0407. The Kier molecular flexibility index (Phi) is 9.51. The molecule has 0 aliphatic rings. The van der Waals surface area contributed by atoms with Crippen molar-refractivity contribution >= 4 is 39.3 Å². The van der Waals surface area contributed by atoms with Gasteiger partial charge in [-0.15, -0.1) is 0 Å². The number of carbonyl (C=O) groups excluding carboxylic acids is 2. The fraction of sp³-hybridized carbons (Fsp3) is 0.222. The molecule has 0 bridgehead atoms. The minimum Gasteiger partial charge on any atom is -0.490 e. The minimum atomic E-state index is -0.904. The first-order chi connectivity index (χ1) is 17.7. The third kappa shape index (κ3) is 7.71. The number of anilines is 1. The second-order valence-corrected chi connectivity index (χ2v) is 9.24. The number of benzene rings is 3. The molecule has 10 heteroatoms. The quantitative estimate of drug-likeness (QED) is 0.138. The van der Waals surface area contributed by atoms with Gasteiger partial charge in [0.05, 0.1) is 12.7 Å². The number of carbonyl (C=O) groups is 2. The maximum absolute atomic E-state index is 13.3. The second kappa shape index (κ2) is 12.8. The van der Waals surface area contributed by atoms with Gasteiger partial charge in [-0.1, -0.05) is 28.1 Å². The van der Waals surface area contributed by atoms with Gasteiger partial charge in [0.15, 0.2) is 11.5 Å². The highest BCUT2D eigenvalue weighted by Crippen LogP contribution is 2.33. The van der Waals surface area contributed by atoms with Gasteiger partial charge in [-0.3, -0.25) is 25.8 Å². The number of rotatable bonds is 10. The number of nitrogens with two attached hydrogens (primary N) is 1. The van der Waals surface area contributed by atoms with E-state index >= 15 is 0 Å². The summed E-state index contributed by atoms with van der Waals surface area (Å²) in [6, 6.07) is 18.0. The van der Waals surface area contributed by atoms with Gasteiger partial charge in [-0.2, -0.15) is 0 Å². The third-order valence-electron chi connectivity index (χ3n) is 5.12. The van der Waals surface area contributed by atoms with Crippen LogP contribution < -0.4 is 31.4 Å². The van der Waals surface area contributed by atoms with E-state index in [4.69, 9.17) is 20.6 Å². The second-order valence-electron chi connectivity index (χ2n) is 8.33. The van der Waals surface area contributed by atoms with E-state index in [1.54, 1.807) is 66.7 Å². The predicted octanol–water partition coefficient (Wildman–Crippen LogP) is 4.53. The molecule has 3 aromatic rings. The number of hydrogen-bond acceptors (Lipinski definition) is 6. The van der Waals surface area contributed by atoms with Crippen LogP contribution in [0.15, 0.2) is 71.2 Å². The van der Waals surface area contributed by atoms with Gasteiger partial charge in [0, 0.05) is 21.3 Å². The van der Waals surface area contributed by atoms with Crippen molar-refractivity contribution in [2.45, 2.75) is 32.9 Å². The van der Waals surface area contributed by atoms with Crippen LogP contribution in [0.5, 0.6) is 11.5 Å². The van der Waals surface area contributed by atoms with Crippen LogP contribution >= 0.6 is 15.9 Å². The highest BCUT2D eigenvalue weighted by Gasteiger charge is 2.23. The molecule has 6 N–H and O–H groups in total. The summed E-state index contributed by atoms with van der Waals surface area (Å²) in [6.07, 6.45) is -0.0599. The molecule has 9 nitrogen and oxygen atoms in total. The first-order valence-corrected chi connectivity index (χ1v) is 12.5. The molecule has 0 aliphatic carbocycles. The Balaban J connectivity index is 1.89. The zero-order chi connectivity index (χ0) is 26.9. The molecule has 3 rings (SSSR count). The Hall–Kier alpha value is -4.05. The van der Waals surface area contributed by atoms with Crippen LogP contribution in [0.3, 0.4) is 0 Å². The Morgan fingerprint density at radius 3 is 2.32 bits per heavy atom. The number of nitrogen functional groups attached to an aromatic ring is 1. The number of nitrogens with one attached hydrogen (secondary N) is 4. The molecule has 0 saturated carbocycles. The predicted molar refractivity (Wildman–Crippen MR) is 147 cm³/mol. The number of amides is 2. The molecule has 37 heavy (non-hydrogen) atoms. The van der Waals surface area contributed by atoms with Gasteiger partial charge < -0.3 is 20.5 Å². The van der Waals surface area contributed by atoms with E-state index in [0.717, 1.165) is 4.47 Å². The first-order valence-electron chi connectivity index (χ1n) is 11.7. The molecule has 0 radical (unpaired) electrons. The number of hydrazine groups is 1. The summed E-state index contributed by atoms with van der Waals surface area (Å²) in [5, 5.41) is 10.8. The van der Waals surface area contributed by atoms with Crippen molar-refractivity contribution in [1.29, 1.82) is 5.41 Å². The lowest BCUT2D eigenvalue weighted by atomic mass is 10.0. The van der Waals surface area contributed by atoms with Gasteiger partial charge >= 0.3 is 0 Å². The van der Waals surface area contributed by atoms with Crippen LogP contribution in [-0.2, 0) is 4.79 Å². The molecule has 0 saturated heterocycles. The topological polar surface area (TPSA) is 139 Å². The number of halogens is 1. The van der Waals surface area contributed by atoms with Crippen LogP contribution in [0.1, 0.15) is 48.3 Å². The van der Waals surface area contributed by atoms with Crippen LogP contribution in [0.2, 0.25) is 0 Å². The smallest absolute Gasteiger partial charge is 0.269 e. The molecular weight excluding hydrogens is 538 g/mol. The van der Waals surface area contributed by atoms with Crippen molar-refractivity contribution in [2.75, 3.05) is 11.9 Å². The van der Waals surface area contributed by atoms with E-state index in [1.807, 2.05) is 20.8 Å². The largest absolute Gasteiger partial charge is 0.490 e. The maximum atomic E-state index is 13.3. The monoisotopic (exact) mass is 567 g/mol. The molecule has 0 aliphatic heterocycles. The van der Waals surface area contributed by atoms with Crippen molar-refractivity contribution < 1.29 is 19.1 Å². The zero-order valence-electron chi connectivity index (χ0n) is 20.8. The maximum Gasteiger partial charge on any atom is 0.269 e. The summed E-state index contributed by atoms with van der Waals surface area (Å²) in [7, 11) is 0. The van der Waals surface area contributed by atoms with E-state index in [1.165, 1.54) is 0 Å². The lowest BCUT2D eigenvalue weighted by molar-refractivity contribution is -0.122.